The minimum Gasteiger partial charge on any atom is -0.506 e. The van der Waals surface area contributed by atoms with E-state index in [0.717, 1.165) is 66.7 Å². The van der Waals surface area contributed by atoms with E-state index in [9.17, 15) is 24.9 Å². The highest BCUT2D eigenvalue weighted by atomic mass is 16.5. The Bertz CT molecular complexity index is 2080. The number of nitrogens with one attached hydrogen (secondary N) is 2. The van der Waals surface area contributed by atoms with Gasteiger partial charge in [-0.3, -0.25) is 9.69 Å². The molecule has 0 saturated carbocycles. The number of aromatic hydroxyl groups is 1. The quantitative estimate of drug-likeness (QED) is 0.0922. The van der Waals surface area contributed by atoms with Crippen LogP contribution in [0.25, 0.3) is 10.9 Å². The predicted molar refractivity (Wildman–Crippen MR) is 201 cm³/mol. The third-order valence-corrected chi connectivity index (χ3v) is 10.8. The van der Waals surface area contributed by atoms with E-state index in [-0.39, 0.29) is 17.4 Å². The zero-order valence-corrected chi connectivity index (χ0v) is 29.4. The summed E-state index contributed by atoms with van der Waals surface area (Å²) in [6.07, 6.45) is 1.11. The molecule has 0 aliphatic carbocycles. The van der Waals surface area contributed by atoms with Gasteiger partial charge < -0.3 is 35.3 Å². The second kappa shape index (κ2) is 15.6. The number of amides is 1. The molecule has 1 amide bonds. The number of fused-ring (bicyclic) bond motifs is 4. The molecule has 4 heterocycles. The van der Waals surface area contributed by atoms with E-state index in [4.69, 9.17) is 4.74 Å². The molecule has 0 radical (unpaired) electrons. The Morgan fingerprint density at radius 2 is 1.77 bits per heavy atom. The smallest absolute Gasteiger partial charge is 0.408 e. The van der Waals surface area contributed by atoms with Gasteiger partial charge in [-0.15, -0.1) is 0 Å². The lowest BCUT2D eigenvalue weighted by molar-refractivity contribution is -0.000812. The van der Waals surface area contributed by atoms with Crippen molar-refractivity contribution in [1.29, 1.82) is 0 Å². The molecule has 3 atom stereocenters. The lowest BCUT2D eigenvalue weighted by Gasteiger charge is -2.50. The van der Waals surface area contributed by atoms with Crippen molar-refractivity contribution in [1.82, 2.24) is 20.1 Å². The molecule has 5 aromatic rings. The first kappa shape index (κ1) is 35.3. The van der Waals surface area contributed by atoms with Crippen molar-refractivity contribution in [3.63, 3.8) is 0 Å². The van der Waals surface area contributed by atoms with Crippen LogP contribution in [0.4, 0.5) is 4.79 Å². The zero-order chi connectivity index (χ0) is 36.2. The number of carboxylic acid groups (broad SMARTS) is 1. The van der Waals surface area contributed by atoms with Crippen LogP contribution >= 0.6 is 0 Å². The number of aliphatic hydroxyl groups excluding tert-OH is 1. The van der Waals surface area contributed by atoms with E-state index in [1.807, 2.05) is 54.6 Å². The van der Waals surface area contributed by atoms with Crippen LogP contribution in [0.15, 0.2) is 102 Å². The molecular formula is C42H46N4O6. The molecule has 3 aliphatic heterocycles. The minimum atomic E-state index is -0.898. The summed E-state index contributed by atoms with van der Waals surface area (Å²) < 4.78 is 6.34. The lowest BCUT2D eigenvalue weighted by Crippen LogP contribution is -2.59. The van der Waals surface area contributed by atoms with Crippen molar-refractivity contribution >= 4 is 17.0 Å². The molecule has 0 unspecified atom stereocenters. The predicted octanol–water partition coefficient (Wildman–Crippen LogP) is 6.15. The Kier molecular flexibility index (Phi) is 10.6. The highest BCUT2D eigenvalue weighted by Gasteiger charge is 2.43. The number of benzene rings is 4. The zero-order valence-electron chi connectivity index (χ0n) is 29.4. The van der Waals surface area contributed by atoms with Gasteiger partial charge in [-0.2, -0.15) is 0 Å². The highest BCUT2D eigenvalue weighted by molar-refractivity contribution is 5.87. The molecule has 270 valence electrons. The molecule has 3 aliphatic rings. The summed E-state index contributed by atoms with van der Waals surface area (Å²) in [6, 6.07) is 29.8. The summed E-state index contributed by atoms with van der Waals surface area (Å²) in [7, 11) is 0. The van der Waals surface area contributed by atoms with Gasteiger partial charge in [-0.05, 0) is 109 Å². The first-order chi connectivity index (χ1) is 25.2. The number of H-pyrrole nitrogens is 1. The molecule has 10 heteroatoms. The number of pyridine rings is 1. The normalized spacial score (nSPS) is 19.3. The number of ether oxygens (including phenoxy) is 1. The van der Waals surface area contributed by atoms with Gasteiger partial charge in [-0.25, -0.2) is 4.79 Å². The van der Waals surface area contributed by atoms with Crippen LogP contribution in [0.2, 0.25) is 0 Å². The molecule has 5 N–H and O–H groups in total. The third-order valence-electron chi connectivity index (χ3n) is 10.8. The number of aromatic nitrogens is 1. The SMILES string of the molecule is Cc1cc(CCNC[C@H](O)c2ccc(O)c3[nH]c(=O)ccc23)ccc1COc1cccc([C@H](c2ccccc2)N(C(=O)O)[C@H]2CN3CCC2CC3)c1. The molecule has 2 bridgehead atoms. The Morgan fingerprint density at radius 3 is 2.50 bits per heavy atom. The molecule has 3 saturated heterocycles. The number of aromatic amines is 1. The van der Waals surface area contributed by atoms with E-state index in [1.54, 1.807) is 17.0 Å². The number of hydrogen-bond acceptors (Lipinski definition) is 7. The maximum Gasteiger partial charge on any atom is 0.408 e. The summed E-state index contributed by atoms with van der Waals surface area (Å²) in [5, 5.41) is 35.6. The molecule has 4 aromatic carbocycles. The number of nitrogens with zero attached hydrogens (tertiary/aromatic N) is 2. The van der Waals surface area contributed by atoms with E-state index >= 15 is 0 Å². The van der Waals surface area contributed by atoms with Crippen LogP contribution < -0.4 is 15.6 Å². The summed E-state index contributed by atoms with van der Waals surface area (Å²) >= 11 is 0. The van der Waals surface area contributed by atoms with Crippen LogP contribution in [-0.2, 0) is 13.0 Å². The fourth-order valence-corrected chi connectivity index (χ4v) is 7.98. The Morgan fingerprint density at radius 1 is 0.981 bits per heavy atom. The molecule has 8 rings (SSSR count). The van der Waals surface area contributed by atoms with Crippen molar-refractivity contribution < 1.29 is 24.9 Å². The Hall–Kier alpha value is -5.16. The van der Waals surface area contributed by atoms with Gasteiger partial charge >= 0.3 is 6.09 Å². The molecular weight excluding hydrogens is 656 g/mol. The first-order valence-electron chi connectivity index (χ1n) is 18.1. The second-order valence-electron chi connectivity index (χ2n) is 14.1. The number of phenols is 1. The maximum absolute atomic E-state index is 13.0. The van der Waals surface area contributed by atoms with E-state index in [0.29, 0.717) is 47.8 Å². The monoisotopic (exact) mass is 702 g/mol. The fourth-order valence-electron chi connectivity index (χ4n) is 7.98. The van der Waals surface area contributed by atoms with Gasteiger partial charge in [0.25, 0.3) is 0 Å². The molecule has 0 spiro atoms. The molecule has 10 nitrogen and oxygen atoms in total. The van der Waals surface area contributed by atoms with Gasteiger partial charge in [0.2, 0.25) is 5.56 Å². The third kappa shape index (κ3) is 7.69. The number of carbonyl (C=O) groups is 1. The largest absolute Gasteiger partial charge is 0.506 e. The number of aliphatic hydroxyl groups is 1. The first-order valence-corrected chi connectivity index (χ1v) is 18.1. The van der Waals surface area contributed by atoms with Gasteiger partial charge in [0.05, 0.1) is 23.7 Å². The van der Waals surface area contributed by atoms with Crippen molar-refractivity contribution in [3.05, 3.63) is 141 Å². The summed E-state index contributed by atoms with van der Waals surface area (Å²) in [5.41, 5.74) is 5.80. The number of hydrogen-bond donors (Lipinski definition) is 5. The van der Waals surface area contributed by atoms with Gasteiger partial charge in [0, 0.05) is 24.5 Å². The van der Waals surface area contributed by atoms with E-state index < -0.39 is 18.2 Å². The van der Waals surface area contributed by atoms with Crippen LogP contribution in [0.1, 0.15) is 58.4 Å². The van der Waals surface area contributed by atoms with Crippen LogP contribution in [-0.4, -0.2) is 75.0 Å². The highest BCUT2D eigenvalue weighted by Crippen LogP contribution is 2.39. The topological polar surface area (TPSA) is 138 Å². The summed E-state index contributed by atoms with van der Waals surface area (Å²) in [4.78, 5) is 31.5. The number of rotatable bonds is 13. The van der Waals surface area contributed by atoms with E-state index in [2.05, 4.69) is 40.3 Å². The van der Waals surface area contributed by atoms with Gasteiger partial charge in [-0.1, -0.05) is 66.7 Å². The van der Waals surface area contributed by atoms with Gasteiger partial charge in [0.15, 0.2) is 0 Å². The molecule has 1 aromatic heterocycles. The average Bonchev–Trinajstić information content (AvgIpc) is 3.16. The average molecular weight is 703 g/mol. The minimum absolute atomic E-state index is 0.0343. The lowest BCUT2D eigenvalue weighted by atomic mass is 9.81. The van der Waals surface area contributed by atoms with Crippen molar-refractivity contribution in [3.8, 4) is 11.5 Å². The second-order valence-corrected chi connectivity index (χ2v) is 14.1. The Balaban J connectivity index is 0.985. The molecule has 52 heavy (non-hydrogen) atoms. The Labute approximate surface area is 303 Å². The number of phenolic OH excluding ortho intramolecular Hbond substituents is 1. The van der Waals surface area contributed by atoms with Gasteiger partial charge in [0.1, 0.15) is 18.1 Å². The number of aryl methyl sites for hydroxylation is 1. The molecule has 3 fully saturated rings. The van der Waals surface area contributed by atoms with Crippen molar-refractivity contribution in [2.45, 2.75) is 51.0 Å². The fraction of sp³-hybridized carbons (Fsp3) is 0.333. The summed E-state index contributed by atoms with van der Waals surface area (Å²) in [5.74, 6) is 1.02. The van der Waals surface area contributed by atoms with Crippen molar-refractivity contribution in [2.75, 3.05) is 32.7 Å². The maximum atomic E-state index is 13.0. The van der Waals surface area contributed by atoms with E-state index in [1.165, 1.54) is 12.1 Å². The van der Waals surface area contributed by atoms with Crippen LogP contribution in [0.5, 0.6) is 11.5 Å². The number of piperidine rings is 3. The standard InChI is InChI=1S/C42H46N4O6/c1-27-22-28(16-19-43-24-38(48)34-12-14-37(47)40-35(34)13-15-39(49)44-40)10-11-32(27)26-52-33-9-5-8-31(23-33)41(30-6-3-2-4-7-30)46(42(50)51)36-25-45-20-17-29(36)18-21-45/h2-15,22-23,29,36,38,41,43,47-48H,16-21,24-26H2,1H3,(H,44,49)(H,50,51)/t36-,38-,41-/m0/s1. The van der Waals surface area contributed by atoms with Crippen LogP contribution in [0, 0.1) is 12.8 Å². The van der Waals surface area contributed by atoms with Crippen LogP contribution in [0.3, 0.4) is 0 Å². The van der Waals surface area contributed by atoms with Crippen molar-refractivity contribution in [2.24, 2.45) is 5.92 Å². The summed E-state index contributed by atoms with van der Waals surface area (Å²) in [6.45, 7) is 6.27.